The number of hydrogen-bond acceptors (Lipinski definition) is 0. The minimum atomic E-state index is -2.15. The summed E-state index contributed by atoms with van der Waals surface area (Å²) in [6.07, 6.45) is 7.31. The third kappa shape index (κ3) is 5.64. The van der Waals surface area contributed by atoms with Crippen LogP contribution in [0.1, 0.15) is 75.3 Å². The molecule has 27 heavy (non-hydrogen) atoms. The van der Waals surface area contributed by atoms with Crippen molar-refractivity contribution < 1.29 is 8.78 Å². The first-order valence-corrected chi connectivity index (χ1v) is 10.6. The van der Waals surface area contributed by atoms with Gasteiger partial charge < -0.3 is 0 Å². The SMILES string of the molecule is CCCCCCc1ccc(-c2ccc(C3CCC(C(F)F)CC3)cc2)cc1. The van der Waals surface area contributed by atoms with Gasteiger partial charge in [-0.15, -0.1) is 0 Å². The summed E-state index contributed by atoms with van der Waals surface area (Å²) in [5, 5.41) is 0. The Balaban J connectivity index is 1.56. The van der Waals surface area contributed by atoms with E-state index in [2.05, 4.69) is 55.5 Å². The highest BCUT2D eigenvalue weighted by Crippen LogP contribution is 2.38. The lowest BCUT2D eigenvalue weighted by Crippen LogP contribution is -2.19. The quantitative estimate of drug-likeness (QED) is 0.413. The van der Waals surface area contributed by atoms with Crippen molar-refractivity contribution >= 4 is 0 Å². The zero-order valence-corrected chi connectivity index (χ0v) is 16.5. The second kappa shape index (κ2) is 10.0. The van der Waals surface area contributed by atoms with Crippen LogP contribution in [-0.2, 0) is 6.42 Å². The van der Waals surface area contributed by atoms with Crippen molar-refractivity contribution in [2.45, 2.75) is 77.1 Å². The van der Waals surface area contributed by atoms with Crippen molar-refractivity contribution in [3.8, 4) is 11.1 Å². The van der Waals surface area contributed by atoms with Crippen molar-refractivity contribution in [3.05, 3.63) is 59.7 Å². The molecule has 0 nitrogen and oxygen atoms in total. The third-order valence-electron chi connectivity index (χ3n) is 6.12. The van der Waals surface area contributed by atoms with Gasteiger partial charge in [0, 0.05) is 5.92 Å². The molecule has 3 rings (SSSR count). The van der Waals surface area contributed by atoms with Crippen molar-refractivity contribution in [1.82, 2.24) is 0 Å². The van der Waals surface area contributed by atoms with E-state index in [1.54, 1.807) is 0 Å². The van der Waals surface area contributed by atoms with Gasteiger partial charge in [-0.2, -0.15) is 0 Å². The molecule has 1 aliphatic carbocycles. The minimum Gasteiger partial charge on any atom is -0.210 e. The zero-order valence-electron chi connectivity index (χ0n) is 16.5. The number of unbranched alkanes of at least 4 members (excludes halogenated alkanes) is 3. The van der Waals surface area contributed by atoms with E-state index in [0.717, 1.165) is 12.8 Å². The van der Waals surface area contributed by atoms with Crippen LogP contribution < -0.4 is 0 Å². The maximum absolute atomic E-state index is 12.8. The molecule has 146 valence electrons. The van der Waals surface area contributed by atoms with Crippen molar-refractivity contribution in [1.29, 1.82) is 0 Å². The summed E-state index contributed by atoms with van der Waals surface area (Å²) in [5.74, 6) is 0.0561. The molecular weight excluding hydrogens is 338 g/mol. The largest absolute Gasteiger partial charge is 0.241 e. The average Bonchev–Trinajstić information content (AvgIpc) is 2.72. The first-order valence-electron chi connectivity index (χ1n) is 10.6. The minimum absolute atomic E-state index is 0.388. The molecule has 0 saturated heterocycles. The van der Waals surface area contributed by atoms with Gasteiger partial charge in [0.1, 0.15) is 0 Å². The molecule has 1 aliphatic rings. The van der Waals surface area contributed by atoms with Crippen LogP contribution >= 0.6 is 0 Å². The van der Waals surface area contributed by atoms with Crippen LogP contribution in [0.15, 0.2) is 48.5 Å². The van der Waals surface area contributed by atoms with E-state index in [-0.39, 0.29) is 5.92 Å². The Hall–Kier alpha value is -1.70. The van der Waals surface area contributed by atoms with E-state index in [9.17, 15) is 8.78 Å². The van der Waals surface area contributed by atoms with Crippen LogP contribution in [0.2, 0.25) is 0 Å². The monoisotopic (exact) mass is 370 g/mol. The van der Waals surface area contributed by atoms with Crippen molar-refractivity contribution in [2.75, 3.05) is 0 Å². The fourth-order valence-corrected chi connectivity index (χ4v) is 4.27. The fourth-order valence-electron chi connectivity index (χ4n) is 4.27. The molecule has 0 aromatic heterocycles. The van der Waals surface area contributed by atoms with Gasteiger partial charge in [-0.3, -0.25) is 0 Å². The number of benzene rings is 2. The zero-order chi connectivity index (χ0) is 19.1. The van der Waals surface area contributed by atoms with Gasteiger partial charge in [-0.05, 0) is 66.7 Å². The third-order valence-corrected chi connectivity index (χ3v) is 6.12. The van der Waals surface area contributed by atoms with E-state index < -0.39 is 6.43 Å². The smallest absolute Gasteiger partial charge is 0.210 e. The summed E-state index contributed by atoms with van der Waals surface area (Å²) in [6.45, 7) is 2.24. The van der Waals surface area contributed by atoms with Gasteiger partial charge in [0.25, 0.3) is 0 Å². The van der Waals surface area contributed by atoms with E-state index in [4.69, 9.17) is 0 Å². The molecule has 0 atom stereocenters. The van der Waals surface area contributed by atoms with Gasteiger partial charge in [0.2, 0.25) is 6.43 Å². The van der Waals surface area contributed by atoms with Crippen LogP contribution in [0.5, 0.6) is 0 Å². The maximum atomic E-state index is 12.8. The van der Waals surface area contributed by atoms with Crippen LogP contribution in [-0.4, -0.2) is 6.43 Å². The first kappa shape index (κ1) is 20.0. The summed E-state index contributed by atoms with van der Waals surface area (Å²) in [4.78, 5) is 0. The van der Waals surface area contributed by atoms with Crippen LogP contribution in [0.3, 0.4) is 0 Å². The van der Waals surface area contributed by atoms with E-state index in [0.29, 0.717) is 18.8 Å². The molecule has 1 fully saturated rings. The number of hydrogen-bond donors (Lipinski definition) is 0. The van der Waals surface area contributed by atoms with E-state index in [1.807, 2.05) is 0 Å². The number of alkyl halides is 2. The molecule has 2 aromatic carbocycles. The normalized spacial score (nSPS) is 20.1. The Morgan fingerprint density at radius 3 is 1.93 bits per heavy atom. The van der Waals surface area contributed by atoms with Crippen molar-refractivity contribution in [3.63, 3.8) is 0 Å². The highest BCUT2D eigenvalue weighted by Gasteiger charge is 2.27. The molecule has 1 saturated carbocycles. The van der Waals surface area contributed by atoms with Crippen LogP contribution in [0.4, 0.5) is 8.78 Å². The second-order valence-electron chi connectivity index (χ2n) is 8.08. The Morgan fingerprint density at radius 2 is 1.37 bits per heavy atom. The predicted octanol–water partition coefficient (Wildman–Crippen LogP) is 8.02. The summed E-state index contributed by atoms with van der Waals surface area (Å²) in [5.41, 5.74) is 5.21. The van der Waals surface area contributed by atoms with Gasteiger partial charge in [-0.25, -0.2) is 8.78 Å². The highest BCUT2D eigenvalue weighted by molar-refractivity contribution is 5.64. The molecule has 0 unspecified atom stereocenters. The Bertz CT molecular complexity index is 664. The highest BCUT2D eigenvalue weighted by atomic mass is 19.3. The average molecular weight is 371 g/mol. The van der Waals surface area contributed by atoms with Gasteiger partial charge in [0.05, 0.1) is 0 Å². The first-order chi connectivity index (χ1) is 13.2. The summed E-state index contributed by atoms with van der Waals surface area (Å²) in [6, 6.07) is 17.7. The molecule has 0 amide bonds. The molecule has 0 heterocycles. The standard InChI is InChI=1S/C25H32F2/c1-2-3-4-5-6-19-7-9-20(10-8-19)21-11-13-22(14-12-21)23-15-17-24(18-16-23)25(26)27/h7-14,23-25H,2-6,15-18H2,1H3. The molecule has 0 radical (unpaired) electrons. The molecule has 0 aliphatic heterocycles. The number of rotatable bonds is 8. The molecule has 0 bridgehead atoms. The van der Waals surface area contributed by atoms with Crippen LogP contribution in [0.25, 0.3) is 11.1 Å². The summed E-state index contributed by atoms with van der Waals surface area (Å²) in [7, 11) is 0. The number of aryl methyl sites for hydroxylation is 1. The molecule has 0 N–H and O–H groups in total. The molecule has 2 heteroatoms. The Labute approximate surface area is 163 Å². The number of halogens is 2. The van der Waals surface area contributed by atoms with Gasteiger partial charge in [0.15, 0.2) is 0 Å². The molecule has 2 aromatic rings. The second-order valence-corrected chi connectivity index (χ2v) is 8.08. The lowest BCUT2D eigenvalue weighted by atomic mass is 9.78. The van der Waals surface area contributed by atoms with Crippen LogP contribution in [0, 0.1) is 5.92 Å². The van der Waals surface area contributed by atoms with E-state index in [1.165, 1.54) is 54.4 Å². The van der Waals surface area contributed by atoms with Gasteiger partial charge >= 0.3 is 0 Å². The summed E-state index contributed by atoms with van der Waals surface area (Å²) < 4.78 is 25.6. The fraction of sp³-hybridized carbons (Fsp3) is 0.520. The lowest BCUT2D eigenvalue weighted by molar-refractivity contribution is 0.0528. The van der Waals surface area contributed by atoms with Gasteiger partial charge in [-0.1, -0.05) is 74.7 Å². The molecular formula is C25H32F2. The lowest BCUT2D eigenvalue weighted by Gasteiger charge is -2.28. The Morgan fingerprint density at radius 1 is 0.778 bits per heavy atom. The van der Waals surface area contributed by atoms with E-state index >= 15 is 0 Å². The summed E-state index contributed by atoms with van der Waals surface area (Å²) >= 11 is 0. The van der Waals surface area contributed by atoms with Crippen molar-refractivity contribution in [2.24, 2.45) is 5.92 Å². The Kier molecular flexibility index (Phi) is 7.43. The molecule has 0 spiro atoms. The predicted molar refractivity (Wildman–Crippen MR) is 110 cm³/mol. The topological polar surface area (TPSA) is 0 Å². The maximum Gasteiger partial charge on any atom is 0.241 e.